The summed E-state index contributed by atoms with van der Waals surface area (Å²) < 4.78 is 39.5. The fourth-order valence-corrected chi connectivity index (χ4v) is 2.78. The maximum Gasteiger partial charge on any atom is 0.344 e. The van der Waals surface area contributed by atoms with Gasteiger partial charge in [0.1, 0.15) is 12.4 Å². The summed E-state index contributed by atoms with van der Waals surface area (Å²) in [7, 11) is -3.75. The van der Waals surface area contributed by atoms with Gasteiger partial charge in [-0.2, -0.15) is 8.42 Å². The first kappa shape index (κ1) is 12.2. The van der Waals surface area contributed by atoms with E-state index in [0.29, 0.717) is 23.6 Å². The number of amidine groups is 1. The van der Waals surface area contributed by atoms with Gasteiger partial charge in [-0.3, -0.25) is 4.72 Å². The van der Waals surface area contributed by atoms with E-state index in [-0.39, 0.29) is 11.9 Å². The van der Waals surface area contributed by atoms with E-state index in [1.54, 1.807) is 18.2 Å². The van der Waals surface area contributed by atoms with Crippen molar-refractivity contribution in [2.24, 2.45) is 10.1 Å². The van der Waals surface area contributed by atoms with Gasteiger partial charge in [0, 0.05) is 13.0 Å². The molecule has 1 unspecified atom stereocenters. The number of benzene rings is 1. The number of hydrogen-bond acceptors (Lipinski definition) is 5. The molecule has 19 heavy (non-hydrogen) atoms. The molecule has 0 bridgehead atoms. The second-order valence-corrected chi connectivity index (χ2v) is 5.66. The average molecular weight is 283 g/mol. The summed E-state index contributed by atoms with van der Waals surface area (Å²) in [5, 5.41) is 0. The Balaban J connectivity index is 1.90. The molecule has 3 rings (SSSR count). The third-order valence-corrected chi connectivity index (χ3v) is 3.87. The molecule has 1 aromatic rings. The molecule has 1 saturated heterocycles. The van der Waals surface area contributed by atoms with Crippen LogP contribution in [0, 0.1) is 0 Å². The van der Waals surface area contributed by atoms with Gasteiger partial charge in [0.15, 0.2) is 5.84 Å². The summed E-state index contributed by atoms with van der Waals surface area (Å²) in [4.78, 5) is 0. The fraction of sp³-hybridized carbons (Fsp3) is 0.364. The summed E-state index contributed by atoms with van der Waals surface area (Å²) in [5.74, 6) is 0.426. The minimum atomic E-state index is -3.75. The Morgan fingerprint density at radius 3 is 3.00 bits per heavy atom. The van der Waals surface area contributed by atoms with E-state index in [0.717, 1.165) is 13.0 Å². The van der Waals surface area contributed by atoms with Crippen molar-refractivity contribution in [1.82, 2.24) is 0 Å². The molecule has 7 nitrogen and oxygen atoms in total. The number of anilines is 1. The molecule has 1 fully saturated rings. The van der Waals surface area contributed by atoms with Gasteiger partial charge in [0.2, 0.25) is 0 Å². The lowest BCUT2D eigenvalue weighted by Crippen LogP contribution is -2.33. The van der Waals surface area contributed by atoms with E-state index < -0.39 is 10.2 Å². The van der Waals surface area contributed by atoms with Crippen LogP contribution in [0.25, 0.3) is 0 Å². The van der Waals surface area contributed by atoms with Crippen LogP contribution in [0.4, 0.5) is 5.69 Å². The third kappa shape index (κ3) is 2.36. The lowest BCUT2D eigenvalue weighted by atomic mass is 10.1. The number of nitrogens with one attached hydrogen (secondary N) is 1. The lowest BCUT2D eigenvalue weighted by molar-refractivity contribution is -0.0721. The van der Waals surface area contributed by atoms with Crippen molar-refractivity contribution in [3.8, 4) is 5.75 Å². The SMILES string of the molecule is NC1=NS(=O)(=O)Nc2cccc(OCC3CCO3)c21. The second-order valence-electron chi connectivity index (χ2n) is 4.32. The van der Waals surface area contributed by atoms with Crippen LogP contribution >= 0.6 is 0 Å². The van der Waals surface area contributed by atoms with Crippen LogP contribution < -0.4 is 15.2 Å². The van der Waals surface area contributed by atoms with E-state index in [1.165, 1.54) is 0 Å². The van der Waals surface area contributed by atoms with Crippen LogP contribution in [0.1, 0.15) is 12.0 Å². The van der Waals surface area contributed by atoms with E-state index in [2.05, 4.69) is 9.12 Å². The van der Waals surface area contributed by atoms with Crippen molar-refractivity contribution < 1.29 is 17.9 Å². The van der Waals surface area contributed by atoms with Crippen LogP contribution in [0.3, 0.4) is 0 Å². The van der Waals surface area contributed by atoms with Gasteiger partial charge < -0.3 is 15.2 Å². The highest BCUT2D eigenvalue weighted by Crippen LogP contribution is 2.30. The number of nitrogens with two attached hydrogens (primary N) is 1. The molecule has 2 heterocycles. The maximum absolute atomic E-state index is 11.4. The van der Waals surface area contributed by atoms with Crippen LogP contribution in [0.5, 0.6) is 5.75 Å². The van der Waals surface area contributed by atoms with Gasteiger partial charge in [-0.15, -0.1) is 4.40 Å². The standard InChI is InChI=1S/C11H13N3O4S/c12-11-10-8(13-19(15,16)14-11)2-1-3-9(10)18-6-7-4-5-17-7/h1-3,7,13H,4-6H2,(H2,12,14). The summed E-state index contributed by atoms with van der Waals surface area (Å²) in [6.07, 6.45) is 1.06. The molecular weight excluding hydrogens is 270 g/mol. The van der Waals surface area contributed by atoms with Crippen molar-refractivity contribution in [1.29, 1.82) is 0 Å². The zero-order chi connectivity index (χ0) is 13.5. The highest BCUT2D eigenvalue weighted by atomic mass is 32.2. The van der Waals surface area contributed by atoms with E-state index >= 15 is 0 Å². The van der Waals surface area contributed by atoms with Crippen molar-refractivity contribution in [2.75, 3.05) is 17.9 Å². The van der Waals surface area contributed by atoms with Crippen molar-refractivity contribution in [3.05, 3.63) is 23.8 Å². The zero-order valence-electron chi connectivity index (χ0n) is 10.00. The van der Waals surface area contributed by atoms with E-state index in [9.17, 15) is 8.42 Å². The molecule has 8 heteroatoms. The highest BCUT2D eigenvalue weighted by Gasteiger charge is 2.25. The van der Waals surface area contributed by atoms with Crippen LogP contribution in [-0.4, -0.2) is 33.6 Å². The predicted molar refractivity (Wildman–Crippen MR) is 69.6 cm³/mol. The molecule has 102 valence electrons. The minimum absolute atomic E-state index is 0.0705. The maximum atomic E-state index is 11.4. The Hall–Kier alpha value is -1.80. The van der Waals surface area contributed by atoms with Gasteiger partial charge in [-0.1, -0.05) is 6.07 Å². The van der Waals surface area contributed by atoms with Gasteiger partial charge in [0.05, 0.1) is 17.4 Å². The van der Waals surface area contributed by atoms with Crippen LogP contribution in [0.15, 0.2) is 22.6 Å². The Morgan fingerprint density at radius 1 is 1.53 bits per heavy atom. The topological polar surface area (TPSA) is 103 Å². The second kappa shape index (κ2) is 4.39. The third-order valence-electron chi connectivity index (χ3n) is 2.96. The van der Waals surface area contributed by atoms with Crippen molar-refractivity contribution in [2.45, 2.75) is 12.5 Å². The smallest absolute Gasteiger partial charge is 0.344 e. The number of ether oxygens (including phenoxy) is 2. The summed E-state index contributed by atoms with van der Waals surface area (Å²) in [5.41, 5.74) is 6.54. The molecular formula is C11H13N3O4S. The summed E-state index contributed by atoms with van der Waals surface area (Å²) in [6.45, 7) is 1.17. The Kier molecular flexibility index (Phi) is 2.83. The van der Waals surface area contributed by atoms with Gasteiger partial charge in [-0.05, 0) is 12.1 Å². The number of rotatable bonds is 3. The number of nitrogens with zero attached hydrogens (tertiary/aromatic N) is 1. The molecule has 0 radical (unpaired) electrons. The van der Waals surface area contributed by atoms with Gasteiger partial charge in [-0.25, -0.2) is 0 Å². The number of hydrogen-bond donors (Lipinski definition) is 2. The quantitative estimate of drug-likeness (QED) is 0.826. The number of fused-ring (bicyclic) bond motifs is 1. The average Bonchev–Trinajstić information content (AvgIpc) is 2.24. The first-order valence-corrected chi connectivity index (χ1v) is 7.25. The lowest BCUT2D eigenvalue weighted by Gasteiger charge is -2.27. The molecule has 2 aliphatic rings. The Bertz CT molecular complexity index is 637. The molecule has 3 N–H and O–H groups in total. The van der Waals surface area contributed by atoms with Gasteiger partial charge >= 0.3 is 10.2 Å². The predicted octanol–water partition coefficient (Wildman–Crippen LogP) is 0.230. The zero-order valence-corrected chi connectivity index (χ0v) is 10.8. The van der Waals surface area contributed by atoms with Crippen molar-refractivity contribution in [3.63, 3.8) is 0 Å². The Labute approximate surface area is 110 Å². The monoisotopic (exact) mass is 283 g/mol. The molecule has 0 saturated carbocycles. The Morgan fingerprint density at radius 2 is 2.32 bits per heavy atom. The van der Waals surface area contributed by atoms with E-state index in [1.807, 2.05) is 0 Å². The first-order chi connectivity index (χ1) is 9.05. The fourth-order valence-electron chi connectivity index (χ4n) is 1.94. The largest absolute Gasteiger partial charge is 0.490 e. The van der Waals surface area contributed by atoms with Crippen LogP contribution in [0.2, 0.25) is 0 Å². The molecule has 0 aliphatic carbocycles. The van der Waals surface area contributed by atoms with Crippen molar-refractivity contribution >= 4 is 21.7 Å². The summed E-state index contributed by atoms with van der Waals surface area (Å²) in [6, 6.07) is 5.03. The van der Waals surface area contributed by atoms with E-state index in [4.69, 9.17) is 15.2 Å². The molecule has 2 aliphatic heterocycles. The summed E-state index contributed by atoms with van der Waals surface area (Å²) >= 11 is 0. The highest BCUT2D eigenvalue weighted by molar-refractivity contribution is 7.91. The molecule has 0 amide bonds. The minimum Gasteiger partial charge on any atom is -0.490 e. The van der Waals surface area contributed by atoms with Crippen LogP contribution in [-0.2, 0) is 14.9 Å². The molecule has 1 aromatic carbocycles. The van der Waals surface area contributed by atoms with Gasteiger partial charge in [0.25, 0.3) is 0 Å². The molecule has 0 spiro atoms. The molecule has 1 atom stereocenters. The normalized spacial score (nSPS) is 23.6. The molecule has 0 aromatic heterocycles. The first-order valence-electron chi connectivity index (χ1n) is 5.81.